The maximum absolute atomic E-state index is 15.6. The molecule has 0 heterocycles. The fourth-order valence-corrected chi connectivity index (χ4v) is 12.4. The maximum Gasteiger partial charge on any atom is 0.171 e. The van der Waals surface area contributed by atoms with E-state index in [1.54, 1.807) is 0 Å². The van der Waals surface area contributed by atoms with Gasteiger partial charge in [-0.1, -0.05) is 188 Å². The molecule has 12 aromatic carbocycles. The van der Waals surface area contributed by atoms with Gasteiger partial charge >= 0.3 is 0 Å². The molecule has 0 saturated heterocycles. The highest BCUT2D eigenvalue weighted by Crippen LogP contribution is 2.46. The SMILES string of the molecule is O=P(c1ccccc1)(c1ccccc1)c1cccc(-c2cc(-c3ccc4ccc5cccc6ccc3c4c56)cc(-c3ccc4ccc5cccc6ccc3c4c56)c2)c1. The second kappa shape index (κ2) is 12.7. The molecule has 1 nitrogen and oxygen atoms in total. The van der Waals surface area contributed by atoms with Crippen LogP contribution < -0.4 is 15.9 Å². The van der Waals surface area contributed by atoms with E-state index in [2.05, 4.69) is 146 Å². The smallest absolute Gasteiger partial charge is 0.171 e. The molecule has 2 heteroatoms. The highest BCUT2D eigenvalue weighted by Gasteiger charge is 2.30. The molecule has 0 aliphatic rings. The molecular formula is C56H35OP. The van der Waals surface area contributed by atoms with Gasteiger partial charge in [-0.3, -0.25) is 0 Å². The number of benzene rings is 12. The van der Waals surface area contributed by atoms with Crippen molar-refractivity contribution in [2.75, 3.05) is 0 Å². The van der Waals surface area contributed by atoms with Crippen LogP contribution in [0.15, 0.2) is 212 Å². The van der Waals surface area contributed by atoms with Gasteiger partial charge in [0.1, 0.15) is 0 Å². The topological polar surface area (TPSA) is 17.1 Å². The minimum atomic E-state index is -3.20. The zero-order chi connectivity index (χ0) is 38.4. The van der Waals surface area contributed by atoms with Crippen LogP contribution in [0.5, 0.6) is 0 Å². The lowest BCUT2D eigenvalue weighted by Gasteiger charge is -2.21. The third-order valence-corrected chi connectivity index (χ3v) is 15.5. The highest BCUT2D eigenvalue weighted by atomic mass is 31.2. The number of hydrogen-bond donors (Lipinski definition) is 0. The summed E-state index contributed by atoms with van der Waals surface area (Å²) >= 11 is 0. The summed E-state index contributed by atoms with van der Waals surface area (Å²) in [5.74, 6) is 0. The quantitative estimate of drug-likeness (QED) is 0.122. The zero-order valence-electron chi connectivity index (χ0n) is 31.6. The largest absolute Gasteiger partial charge is 0.309 e. The van der Waals surface area contributed by atoms with Crippen LogP contribution in [0.1, 0.15) is 0 Å². The van der Waals surface area contributed by atoms with Gasteiger partial charge < -0.3 is 4.57 Å². The molecule has 0 spiro atoms. The Kier molecular flexibility index (Phi) is 7.27. The standard InChI is InChI=1S/C56H35OP/c57-58(46-15-3-1-4-16-46,47-17-5-2-6-18-47)48-19-9-14-42(35-48)43-32-44(49-28-24-40-22-20-36-10-7-12-38-26-30-51(49)55(40)53(36)38)34-45(33-43)50-29-25-41-23-21-37-11-8-13-39-27-31-52(50)56(41)54(37)39/h1-35H. The van der Waals surface area contributed by atoms with E-state index in [-0.39, 0.29) is 0 Å². The van der Waals surface area contributed by atoms with Crippen LogP contribution in [0, 0.1) is 0 Å². The molecule has 12 rings (SSSR count). The Labute approximate surface area is 336 Å². The first-order valence-corrected chi connectivity index (χ1v) is 21.6. The predicted octanol–water partition coefficient (Wildman–Crippen LogP) is 14.1. The van der Waals surface area contributed by atoms with Gasteiger partial charge in [-0.2, -0.15) is 0 Å². The highest BCUT2D eigenvalue weighted by molar-refractivity contribution is 7.85. The molecule has 0 atom stereocenters. The average Bonchev–Trinajstić information content (AvgIpc) is 3.30. The first-order chi connectivity index (χ1) is 28.6. The van der Waals surface area contributed by atoms with Crippen LogP contribution >= 0.6 is 7.14 Å². The molecule has 0 saturated carbocycles. The summed E-state index contributed by atoms with van der Waals surface area (Å²) in [5.41, 5.74) is 6.80. The lowest BCUT2D eigenvalue weighted by Crippen LogP contribution is -2.25. The van der Waals surface area contributed by atoms with Gasteiger partial charge in [0.05, 0.1) is 0 Å². The van der Waals surface area contributed by atoms with Crippen molar-refractivity contribution >= 4 is 87.7 Å². The third kappa shape index (κ3) is 4.94. The Hall–Kier alpha value is -7.05. The van der Waals surface area contributed by atoms with Crippen LogP contribution in [0.25, 0.3) is 98.0 Å². The molecule has 58 heavy (non-hydrogen) atoms. The van der Waals surface area contributed by atoms with Crippen LogP contribution in [0.2, 0.25) is 0 Å². The van der Waals surface area contributed by atoms with Gasteiger partial charge in [-0.15, -0.1) is 0 Å². The Morgan fingerprint density at radius 1 is 0.259 bits per heavy atom. The second-order valence-electron chi connectivity index (χ2n) is 15.6. The van der Waals surface area contributed by atoms with Crippen molar-refractivity contribution in [3.05, 3.63) is 212 Å². The Morgan fingerprint density at radius 3 is 1.12 bits per heavy atom. The fourth-order valence-electron chi connectivity index (χ4n) is 9.68. The molecule has 270 valence electrons. The summed E-state index contributed by atoms with van der Waals surface area (Å²) in [6.07, 6.45) is 0. The van der Waals surface area contributed by atoms with Crippen molar-refractivity contribution in [1.29, 1.82) is 0 Å². The molecule has 12 aromatic rings. The summed E-state index contributed by atoms with van der Waals surface area (Å²) in [5, 5.41) is 17.7. The lowest BCUT2D eigenvalue weighted by molar-refractivity contribution is 0.592. The minimum absolute atomic E-state index is 0.819. The summed E-state index contributed by atoms with van der Waals surface area (Å²) in [4.78, 5) is 0. The lowest BCUT2D eigenvalue weighted by atomic mass is 9.86. The molecular weight excluding hydrogens is 720 g/mol. The molecule has 0 aliphatic heterocycles. The third-order valence-electron chi connectivity index (χ3n) is 12.4. The monoisotopic (exact) mass is 754 g/mol. The van der Waals surface area contributed by atoms with Gasteiger partial charge in [0.2, 0.25) is 0 Å². The fraction of sp³-hybridized carbons (Fsp3) is 0. The van der Waals surface area contributed by atoms with Gasteiger partial charge in [-0.05, 0) is 122 Å². The van der Waals surface area contributed by atoms with Crippen molar-refractivity contribution < 1.29 is 4.57 Å². The zero-order valence-corrected chi connectivity index (χ0v) is 32.5. The minimum Gasteiger partial charge on any atom is -0.309 e. The van der Waals surface area contributed by atoms with Crippen LogP contribution in [-0.2, 0) is 4.57 Å². The molecule has 0 radical (unpaired) electrons. The van der Waals surface area contributed by atoms with E-state index in [4.69, 9.17) is 0 Å². The number of rotatable bonds is 6. The van der Waals surface area contributed by atoms with E-state index in [1.165, 1.54) is 75.8 Å². The average molecular weight is 755 g/mol. The predicted molar refractivity (Wildman–Crippen MR) is 250 cm³/mol. The van der Waals surface area contributed by atoms with Crippen molar-refractivity contribution in [3.63, 3.8) is 0 Å². The number of hydrogen-bond acceptors (Lipinski definition) is 1. The first-order valence-electron chi connectivity index (χ1n) is 19.9. The normalized spacial score (nSPS) is 12.2. The van der Waals surface area contributed by atoms with Gasteiger partial charge in [0.25, 0.3) is 0 Å². The van der Waals surface area contributed by atoms with Crippen LogP contribution in [0.3, 0.4) is 0 Å². The Balaban J connectivity index is 1.13. The van der Waals surface area contributed by atoms with Crippen molar-refractivity contribution in [2.45, 2.75) is 0 Å². The van der Waals surface area contributed by atoms with E-state index >= 15 is 4.57 Å². The Bertz CT molecular complexity index is 3350. The van der Waals surface area contributed by atoms with E-state index in [0.717, 1.165) is 38.2 Å². The van der Waals surface area contributed by atoms with Crippen molar-refractivity contribution in [2.24, 2.45) is 0 Å². The molecule has 0 fully saturated rings. The van der Waals surface area contributed by atoms with E-state index < -0.39 is 7.14 Å². The Morgan fingerprint density at radius 2 is 0.638 bits per heavy atom. The van der Waals surface area contributed by atoms with Crippen molar-refractivity contribution in [1.82, 2.24) is 0 Å². The molecule has 0 aromatic heterocycles. The summed E-state index contributed by atoms with van der Waals surface area (Å²) in [6, 6.07) is 75.9. The summed E-state index contributed by atoms with van der Waals surface area (Å²) < 4.78 is 15.6. The molecule has 0 unspecified atom stereocenters. The summed E-state index contributed by atoms with van der Waals surface area (Å²) in [6.45, 7) is 0. The molecule has 0 N–H and O–H groups in total. The van der Waals surface area contributed by atoms with Crippen LogP contribution in [-0.4, -0.2) is 0 Å². The van der Waals surface area contributed by atoms with Gasteiger partial charge in [-0.25, -0.2) is 0 Å². The van der Waals surface area contributed by atoms with Gasteiger partial charge in [0.15, 0.2) is 7.14 Å². The molecule has 0 amide bonds. The second-order valence-corrected chi connectivity index (χ2v) is 18.3. The van der Waals surface area contributed by atoms with E-state index in [9.17, 15) is 0 Å². The summed E-state index contributed by atoms with van der Waals surface area (Å²) in [7, 11) is -3.20. The maximum atomic E-state index is 15.6. The van der Waals surface area contributed by atoms with Crippen molar-refractivity contribution in [3.8, 4) is 33.4 Å². The van der Waals surface area contributed by atoms with E-state index in [0.29, 0.717) is 0 Å². The first kappa shape index (κ1) is 33.1. The van der Waals surface area contributed by atoms with E-state index in [1.807, 2.05) is 66.7 Å². The molecule has 0 aliphatic carbocycles. The molecule has 0 bridgehead atoms. The van der Waals surface area contributed by atoms with Gasteiger partial charge in [0, 0.05) is 15.9 Å². The van der Waals surface area contributed by atoms with Crippen LogP contribution in [0.4, 0.5) is 0 Å².